The Hall–Kier alpha value is -1.67. The fourth-order valence-corrected chi connectivity index (χ4v) is 2.70. The van der Waals surface area contributed by atoms with Gasteiger partial charge in [-0.1, -0.05) is 0 Å². The first-order valence-corrected chi connectivity index (χ1v) is 6.67. The van der Waals surface area contributed by atoms with Gasteiger partial charge in [0, 0.05) is 31.4 Å². The molecule has 0 saturated carbocycles. The maximum absolute atomic E-state index is 12.9. The van der Waals surface area contributed by atoms with Gasteiger partial charge in [-0.2, -0.15) is 13.2 Å². The molecule has 2 aromatic rings. The molecule has 3 heterocycles. The lowest BCUT2D eigenvalue weighted by Gasteiger charge is -2.34. The van der Waals surface area contributed by atoms with Crippen LogP contribution in [0.25, 0.3) is 5.65 Å². The van der Waals surface area contributed by atoms with Crippen LogP contribution in [0, 0.1) is 0 Å². The molecule has 0 amide bonds. The fraction of sp³-hybridized carbons (Fsp3) is 0.538. The summed E-state index contributed by atoms with van der Waals surface area (Å²) < 4.78 is 45.3. The van der Waals surface area contributed by atoms with Gasteiger partial charge >= 0.3 is 6.18 Å². The van der Waals surface area contributed by atoms with Crippen molar-refractivity contribution < 1.29 is 17.9 Å². The maximum atomic E-state index is 12.9. The van der Waals surface area contributed by atoms with Crippen LogP contribution in [0.3, 0.4) is 0 Å². The Morgan fingerprint density at radius 1 is 1.24 bits per heavy atom. The van der Waals surface area contributed by atoms with Crippen LogP contribution in [0.15, 0.2) is 18.3 Å². The second-order valence-corrected chi connectivity index (χ2v) is 5.26. The van der Waals surface area contributed by atoms with E-state index in [9.17, 15) is 13.2 Å². The van der Waals surface area contributed by atoms with Crippen molar-refractivity contribution in [2.45, 2.75) is 24.4 Å². The first-order chi connectivity index (χ1) is 9.96. The maximum Gasteiger partial charge on any atom is 0.417 e. The van der Waals surface area contributed by atoms with E-state index in [0.717, 1.165) is 12.3 Å². The summed E-state index contributed by atoms with van der Waals surface area (Å²) in [6.45, 7) is 1.34. The molecule has 1 aliphatic rings. The van der Waals surface area contributed by atoms with Crippen molar-refractivity contribution in [1.82, 2.24) is 14.6 Å². The molecule has 2 aromatic heterocycles. The van der Waals surface area contributed by atoms with Crippen LogP contribution in [0.5, 0.6) is 0 Å². The summed E-state index contributed by atoms with van der Waals surface area (Å²) in [5, 5.41) is 8.05. The minimum Gasteiger partial charge on any atom is -0.381 e. The van der Waals surface area contributed by atoms with Crippen LogP contribution in [0.4, 0.5) is 13.2 Å². The smallest absolute Gasteiger partial charge is 0.381 e. The molecule has 114 valence electrons. The zero-order valence-electron chi connectivity index (χ0n) is 11.2. The Bertz CT molecular complexity index is 646. The number of fused-ring (bicyclic) bond motifs is 1. The molecule has 0 atom stereocenters. The third-order valence-electron chi connectivity index (χ3n) is 4.04. The fourth-order valence-electron chi connectivity index (χ4n) is 2.70. The Morgan fingerprint density at radius 2 is 1.95 bits per heavy atom. The minimum absolute atomic E-state index is 0.299. The summed E-state index contributed by atoms with van der Waals surface area (Å²) in [5.74, 6) is 0.481. The van der Waals surface area contributed by atoms with E-state index in [4.69, 9.17) is 10.5 Å². The summed E-state index contributed by atoms with van der Waals surface area (Å²) in [5.41, 5.74) is 5.06. The van der Waals surface area contributed by atoms with Gasteiger partial charge in [0.25, 0.3) is 0 Å². The molecule has 8 heteroatoms. The molecule has 1 aliphatic heterocycles. The number of alkyl halides is 3. The number of hydrogen-bond donors (Lipinski definition) is 1. The zero-order valence-corrected chi connectivity index (χ0v) is 11.2. The van der Waals surface area contributed by atoms with Crippen LogP contribution >= 0.6 is 0 Å². The van der Waals surface area contributed by atoms with Gasteiger partial charge in [-0.15, -0.1) is 10.2 Å². The van der Waals surface area contributed by atoms with Crippen molar-refractivity contribution in [2.24, 2.45) is 5.73 Å². The number of ether oxygens (including phenoxy) is 1. The van der Waals surface area contributed by atoms with E-state index in [1.54, 1.807) is 0 Å². The third-order valence-corrected chi connectivity index (χ3v) is 4.04. The average Bonchev–Trinajstić information content (AvgIpc) is 2.90. The number of halogens is 3. The van der Waals surface area contributed by atoms with Crippen molar-refractivity contribution in [2.75, 3.05) is 19.8 Å². The molecule has 0 aromatic carbocycles. The Labute approximate surface area is 118 Å². The van der Waals surface area contributed by atoms with Crippen molar-refractivity contribution in [3.63, 3.8) is 0 Å². The first kappa shape index (κ1) is 14.3. The summed E-state index contributed by atoms with van der Waals surface area (Å²) in [4.78, 5) is 0. The van der Waals surface area contributed by atoms with Crippen molar-refractivity contribution in [3.05, 3.63) is 29.7 Å². The van der Waals surface area contributed by atoms with Crippen LogP contribution in [0.1, 0.15) is 24.2 Å². The number of pyridine rings is 1. The lowest BCUT2D eigenvalue weighted by Crippen LogP contribution is -2.42. The topological polar surface area (TPSA) is 65.4 Å². The normalized spacial score (nSPS) is 19.0. The van der Waals surface area contributed by atoms with Crippen molar-refractivity contribution in [1.29, 1.82) is 0 Å². The van der Waals surface area contributed by atoms with E-state index >= 15 is 0 Å². The Kier molecular flexibility index (Phi) is 3.37. The third kappa shape index (κ3) is 2.38. The van der Waals surface area contributed by atoms with E-state index in [1.165, 1.54) is 10.5 Å². The van der Waals surface area contributed by atoms with Crippen LogP contribution < -0.4 is 5.73 Å². The number of rotatable bonds is 2. The van der Waals surface area contributed by atoms with Crippen LogP contribution in [0.2, 0.25) is 0 Å². The van der Waals surface area contributed by atoms with Gasteiger partial charge in [0.15, 0.2) is 5.65 Å². The SMILES string of the molecule is NCC1(c2nnc3ccc(C(F)(F)F)cn23)CCOCC1. The molecule has 1 saturated heterocycles. The van der Waals surface area contributed by atoms with Gasteiger partial charge < -0.3 is 10.5 Å². The van der Waals surface area contributed by atoms with E-state index in [-0.39, 0.29) is 0 Å². The molecular weight excluding hydrogens is 285 g/mol. The second kappa shape index (κ2) is 4.96. The summed E-state index contributed by atoms with van der Waals surface area (Å²) in [6, 6.07) is 2.33. The van der Waals surface area contributed by atoms with E-state index in [2.05, 4.69) is 10.2 Å². The van der Waals surface area contributed by atoms with Crippen molar-refractivity contribution >= 4 is 5.65 Å². The highest BCUT2D eigenvalue weighted by atomic mass is 19.4. The van der Waals surface area contributed by atoms with Gasteiger partial charge in [-0.3, -0.25) is 4.40 Å². The largest absolute Gasteiger partial charge is 0.417 e. The summed E-state index contributed by atoms with van der Waals surface area (Å²) in [6.07, 6.45) is -2.11. The highest BCUT2D eigenvalue weighted by Crippen LogP contribution is 2.34. The molecular formula is C13H15F3N4O. The monoisotopic (exact) mass is 300 g/mol. The van der Waals surface area contributed by atoms with Crippen LogP contribution in [-0.2, 0) is 16.3 Å². The standard InChI is InChI=1S/C13H15F3N4O/c14-13(15,16)9-1-2-10-18-19-11(20(10)7-9)12(8-17)3-5-21-6-4-12/h1-2,7H,3-6,8,17H2. The number of nitrogens with two attached hydrogens (primary N) is 1. The predicted octanol–water partition coefficient (Wildman–Crippen LogP) is 1.76. The highest BCUT2D eigenvalue weighted by molar-refractivity contribution is 5.41. The first-order valence-electron chi connectivity index (χ1n) is 6.67. The summed E-state index contributed by atoms with van der Waals surface area (Å²) >= 11 is 0. The van der Waals surface area contributed by atoms with E-state index in [1.807, 2.05) is 0 Å². The number of aromatic nitrogens is 3. The molecule has 21 heavy (non-hydrogen) atoms. The van der Waals surface area contributed by atoms with Crippen molar-refractivity contribution in [3.8, 4) is 0 Å². The molecule has 2 N–H and O–H groups in total. The average molecular weight is 300 g/mol. The molecule has 0 radical (unpaired) electrons. The molecule has 0 bridgehead atoms. The quantitative estimate of drug-likeness (QED) is 0.917. The molecule has 1 fully saturated rings. The molecule has 3 rings (SSSR count). The van der Waals surface area contributed by atoms with Gasteiger partial charge in [0.05, 0.1) is 5.56 Å². The second-order valence-electron chi connectivity index (χ2n) is 5.26. The lowest BCUT2D eigenvalue weighted by molar-refractivity contribution is -0.137. The van der Waals surface area contributed by atoms with Crippen LogP contribution in [-0.4, -0.2) is 34.4 Å². The van der Waals surface area contributed by atoms with E-state index in [0.29, 0.717) is 44.1 Å². The van der Waals surface area contributed by atoms with Gasteiger partial charge in [0.1, 0.15) is 5.82 Å². The lowest BCUT2D eigenvalue weighted by atomic mass is 9.79. The zero-order chi connectivity index (χ0) is 15.1. The van der Waals surface area contributed by atoms with Gasteiger partial charge in [0.2, 0.25) is 0 Å². The number of hydrogen-bond acceptors (Lipinski definition) is 4. The van der Waals surface area contributed by atoms with Gasteiger partial charge in [-0.25, -0.2) is 0 Å². The minimum atomic E-state index is -4.40. The highest BCUT2D eigenvalue weighted by Gasteiger charge is 2.38. The number of nitrogens with zero attached hydrogens (tertiary/aromatic N) is 3. The molecule has 5 nitrogen and oxygen atoms in total. The van der Waals surface area contributed by atoms with E-state index < -0.39 is 17.2 Å². The van der Waals surface area contributed by atoms with Gasteiger partial charge in [-0.05, 0) is 25.0 Å². The summed E-state index contributed by atoms with van der Waals surface area (Å²) in [7, 11) is 0. The Balaban J connectivity index is 2.14. The molecule has 0 unspecified atom stereocenters. The predicted molar refractivity (Wildman–Crippen MR) is 68.8 cm³/mol. The molecule has 0 spiro atoms. The Morgan fingerprint density at radius 3 is 2.57 bits per heavy atom. The molecule has 0 aliphatic carbocycles.